The highest BCUT2D eigenvalue weighted by Crippen LogP contribution is 2.28. The zero-order valence-electron chi connectivity index (χ0n) is 18.4. The zero-order chi connectivity index (χ0) is 22.5. The molecule has 0 bridgehead atoms. The number of unbranched alkanes of at least 4 members (excludes halogenated alkanes) is 1. The van der Waals surface area contributed by atoms with Gasteiger partial charge in [0.1, 0.15) is 5.82 Å². The average Bonchev–Trinajstić information content (AvgIpc) is 3.37. The van der Waals surface area contributed by atoms with Gasteiger partial charge >= 0.3 is 0 Å². The van der Waals surface area contributed by atoms with Gasteiger partial charge in [0.25, 0.3) is 11.5 Å². The molecule has 164 valence electrons. The largest absolute Gasteiger partial charge is 0.459 e. The van der Waals surface area contributed by atoms with Crippen LogP contribution in [0.5, 0.6) is 0 Å². The third kappa shape index (κ3) is 4.08. The molecule has 1 atom stereocenters. The number of benzene rings is 2. The van der Waals surface area contributed by atoms with E-state index in [2.05, 4.69) is 6.92 Å². The molecule has 0 fully saturated rings. The summed E-state index contributed by atoms with van der Waals surface area (Å²) in [5.41, 5.74) is 1.21. The first kappa shape index (κ1) is 21.6. The van der Waals surface area contributed by atoms with Crippen LogP contribution in [0.25, 0.3) is 16.6 Å². The first-order chi connectivity index (χ1) is 15.7. The third-order valence-electron chi connectivity index (χ3n) is 5.62. The number of fused-ring (bicyclic) bond motifs is 1. The Hall–Kier alpha value is -3.67. The standard InChI is InChI=1S/C26H27N3O3/c1-3-5-17-28(26(31)23-16-11-18-32-23)22(4-2)24-27-21-15-10-9-14-20(21)25(30)29(24)19-12-7-6-8-13-19/h6-16,18,22H,3-5,17H2,1-2H3. The molecule has 2 aromatic carbocycles. The van der Waals surface area contributed by atoms with Crippen LogP contribution in [0.1, 0.15) is 55.5 Å². The highest BCUT2D eigenvalue weighted by Gasteiger charge is 2.30. The van der Waals surface area contributed by atoms with Crippen LogP contribution >= 0.6 is 0 Å². The fourth-order valence-corrected chi connectivity index (χ4v) is 4.01. The van der Waals surface area contributed by atoms with E-state index in [9.17, 15) is 9.59 Å². The van der Waals surface area contributed by atoms with Crippen LogP contribution in [0.3, 0.4) is 0 Å². The van der Waals surface area contributed by atoms with E-state index < -0.39 is 6.04 Å². The lowest BCUT2D eigenvalue weighted by molar-refractivity contribution is 0.0623. The Morgan fingerprint density at radius 2 is 1.78 bits per heavy atom. The second-order valence-corrected chi connectivity index (χ2v) is 7.72. The van der Waals surface area contributed by atoms with Crippen LogP contribution in [0.4, 0.5) is 0 Å². The maximum atomic E-state index is 13.6. The SMILES string of the molecule is CCCCN(C(=O)c1ccco1)C(CC)c1nc2ccccc2c(=O)n1-c1ccccc1. The van der Waals surface area contributed by atoms with E-state index in [4.69, 9.17) is 9.40 Å². The summed E-state index contributed by atoms with van der Waals surface area (Å²) in [6, 6.07) is 19.8. The fourth-order valence-electron chi connectivity index (χ4n) is 4.01. The van der Waals surface area contributed by atoms with Gasteiger partial charge in [-0.1, -0.05) is 50.6 Å². The van der Waals surface area contributed by atoms with Crippen LogP contribution in [-0.4, -0.2) is 26.9 Å². The predicted molar refractivity (Wildman–Crippen MR) is 125 cm³/mol. The van der Waals surface area contributed by atoms with Gasteiger partial charge in [-0.05, 0) is 49.2 Å². The van der Waals surface area contributed by atoms with Crippen LogP contribution in [0.15, 0.2) is 82.2 Å². The Labute approximate surface area is 187 Å². The highest BCUT2D eigenvalue weighted by molar-refractivity contribution is 5.91. The van der Waals surface area contributed by atoms with E-state index in [1.165, 1.54) is 6.26 Å². The molecule has 0 N–H and O–H groups in total. The smallest absolute Gasteiger partial charge is 0.290 e. The second-order valence-electron chi connectivity index (χ2n) is 7.72. The summed E-state index contributed by atoms with van der Waals surface area (Å²) in [6.45, 7) is 4.65. The number of hydrogen-bond acceptors (Lipinski definition) is 4. The summed E-state index contributed by atoms with van der Waals surface area (Å²) in [7, 11) is 0. The molecule has 0 radical (unpaired) electrons. The molecule has 4 aromatic rings. The number of aromatic nitrogens is 2. The number of furan rings is 1. The van der Waals surface area contributed by atoms with Gasteiger partial charge in [0, 0.05) is 6.54 Å². The van der Waals surface area contributed by atoms with Crippen LogP contribution in [0.2, 0.25) is 0 Å². The van der Waals surface area contributed by atoms with Gasteiger partial charge in [0.2, 0.25) is 0 Å². The molecule has 0 aliphatic rings. The van der Waals surface area contributed by atoms with Gasteiger partial charge < -0.3 is 9.32 Å². The minimum absolute atomic E-state index is 0.142. The van der Waals surface area contributed by atoms with Gasteiger partial charge in [0.05, 0.1) is 28.9 Å². The van der Waals surface area contributed by atoms with Gasteiger partial charge in [-0.25, -0.2) is 4.98 Å². The van der Waals surface area contributed by atoms with Gasteiger partial charge in [0.15, 0.2) is 5.76 Å². The van der Waals surface area contributed by atoms with E-state index in [-0.39, 0.29) is 17.2 Å². The topological polar surface area (TPSA) is 68.3 Å². The number of hydrogen-bond donors (Lipinski definition) is 0. The number of amides is 1. The number of nitrogens with zero attached hydrogens (tertiary/aromatic N) is 3. The molecule has 0 aliphatic carbocycles. The quantitative estimate of drug-likeness (QED) is 0.377. The Morgan fingerprint density at radius 1 is 1.03 bits per heavy atom. The minimum Gasteiger partial charge on any atom is -0.459 e. The lowest BCUT2D eigenvalue weighted by Crippen LogP contribution is -2.39. The third-order valence-corrected chi connectivity index (χ3v) is 5.62. The fraction of sp³-hybridized carbons (Fsp3) is 0.269. The van der Waals surface area contributed by atoms with Crippen molar-refractivity contribution in [2.24, 2.45) is 0 Å². The maximum Gasteiger partial charge on any atom is 0.290 e. The summed E-state index contributed by atoms with van der Waals surface area (Å²) in [5, 5.41) is 0.549. The number of carbonyl (C=O) groups is 1. The van der Waals surface area contributed by atoms with Crippen molar-refractivity contribution in [1.29, 1.82) is 0 Å². The molecule has 0 aliphatic heterocycles. The lowest BCUT2D eigenvalue weighted by atomic mass is 10.1. The van der Waals surface area contributed by atoms with Crippen molar-refractivity contribution < 1.29 is 9.21 Å². The molecule has 6 heteroatoms. The molecule has 1 unspecified atom stereocenters. The van der Waals surface area contributed by atoms with Crippen molar-refractivity contribution in [1.82, 2.24) is 14.5 Å². The molecule has 6 nitrogen and oxygen atoms in total. The van der Waals surface area contributed by atoms with Crippen molar-refractivity contribution >= 4 is 16.8 Å². The first-order valence-corrected chi connectivity index (χ1v) is 11.1. The van der Waals surface area contributed by atoms with Crippen LogP contribution in [-0.2, 0) is 0 Å². The van der Waals surface area contributed by atoms with Crippen molar-refractivity contribution in [3.05, 3.63) is 94.9 Å². The number of para-hydroxylation sites is 2. The van der Waals surface area contributed by atoms with Crippen LogP contribution < -0.4 is 5.56 Å². The van der Waals surface area contributed by atoms with E-state index in [1.54, 1.807) is 27.7 Å². The molecule has 0 saturated heterocycles. The molecule has 0 spiro atoms. The molecule has 0 saturated carbocycles. The van der Waals surface area contributed by atoms with Crippen molar-refractivity contribution in [3.63, 3.8) is 0 Å². The Kier molecular flexibility index (Phi) is 6.50. The molecular weight excluding hydrogens is 402 g/mol. The van der Waals surface area contributed by atoms with Crippen LogP contribution in [0, 0.1) is 0 Å². The molecule has 32 heavy (non-hydrogen) atoms. The number of rotatable bonds is 8. The lowest BCUT2D eigenvalue weighted by Gasteiger charge is -2.31. The predicted octanol–water partition coefficient (Wildman–Crippen LogP) is 5.37. The molecular formula is C26H27N3O3. The molecule has 2 aromatic heterocycles. The van der Waals surface area contributed by atoms with E-state index in [0.717, 1.165) is 18.5 Å². The summed E-state index contributed by atoms with van der Waals surface area (Å²) in [5.74, 6) is 0.643. The molecule has 4 rings (SSSR count). The first-order valence-electron chi connectivity index (χ1n) is 11.1. The maximum absolute atomic E-state index is 13.6. The summed E-state index contributed by atoms with van der Waals surface area (Å²) >= 11 is 0. The summed E-state index contributed by atoms with van der Waals surface area (Å²) in [6.07, 6.45) is 3.88. The van der Waals surface area contributed by atoms with Gasteiger partial charge in [-0.2, -0.15) is 0 Å². The van der Waals surface area contributed by atoms with Crippen molar-refractivity contribution in [2.75, 3.05) is 6.54 Å². The average molecular weight is 430 g/mol. The van der Waals surface area contributed by atoms with E-state index >= 15 is 0 Å². The summed E-state index contributed by atoms with van der Waals surface area (Å²) in [4.78, 5) is 33.7. The minimum atomic E-state index is -0.392. The highest BCUT2D eigenvalue weighted by atomic mass is 16.3. The normalized spacial score (nSPS) is 12.1. The monoisotopic (exact) mass is 429 g/mol. The van der Waals surface area contributed by atoms with E-state index in [0.29, 0.717) is 29.7 Å². The zero-order valence-corrected chi connectivity index (χ0v) is 18.4. The Balaban J connectivity index is 1.93. The number of carbonyl (C=O) groups excluding carboxylic acids is 1. The second kappa shape index (κ2) is 9.64. The summed E-state index contributed by atoms with van der Waals surface area (Å²) < 4.78 is 7.06. The molecule has 1 amide bonds. The van der Waals surface area contributed by atoms with Gasteiger partial charge in [-0.15, -0.1) is 0 Å². The van der Waals surface area contributed by atoms with Crippen molar-refractivity contribution in [3.8, 4) is 5.69 Å². The van der Waals surface area contributed by atoms with Gasteiger partial charge in [-0.3, -0.25) is 14.2 Å². The Bertz CT molecular complexity index is 1250. The van der Waals surface area contributed by atoms with E-state index in [1.807, 2.05) is 55.5 Å². The van der Waals surface area contributed by atoms with Crippen molar-refractivity contribution in [2.45, 2.75) is 39.2 Å². The molecule has 2 heterocycles. The Morgan fingerprint density at radius 3 is 2.47 bits per heavy atom.